The normalized spacial score (nSPS) is 16.4. The Balaban J connectivity index is 1.58. The third-order valence-corrected chi connectivity index (χ3v) is 4.29. The number of halogens is 1. The molecular formula is C17H12FN3OS. The molecule has 0 radical (unpaired) electrons. The first kappa shape index (κ1) is 14.0. The second kappa shape index (κ2) is 5.89. The summed E-state index contributed by atoms with van der Waals surface area (Å²) in [5.74, 6) is 0.991. The van der Waals surface area contributed by atoms with Crippen molar-refractivity contribution < 1.29 is 8.81 Å². The number of hydrazone groups is 1. The monoisotopic (exact) mass is 325 g/mol. The third-order valence-electron chi connectivity index (χ3n) is 3.42. The van der Waals surface area contributed by atoms with E-state index in [9.17, 15) is 4.39 Å². The summed E-state index contributed by atoms with van der Waals surface area (Å²) in [6.45, 7) is 0. The van der Waals surface area contributed by atoms with Gasteiger partial charge in [0.05, 0.1) is 0 Å². The molecule has 0 atom stereocenters. The van der Waals surface area contributed by atoms with Gasteiger partial charge in [-0.15, -0.1) is 0 Å². The van der Waals surface area contributed by atoms with Gasteiger partial charge in [-0.1, -0.05) is 42.1 Å². The zero-order valence-corrected chi connectivity index (χ0v) is 12.8. The van der Waals surface area contributed by atoms with Crippen LogP contribution < -0.4 is 5.43 Å². The van der Waals surface area contributed by atoms with Crippen molar-refractivity contribution in [2.75, 3.05) is 5.75 Å². The van der Waals surface area contributed by atoms with E-state index in [0.29, 0.717) is 16.6 Å². The maximum Gasteiger partial charge on any atom is 0.182 e. The summed E-state index contributed by atoms with van der Waals surface area (Å²) in [6, 6.07) is 16.2. The molecule has 1 N–H and O–H groups in total. The summed E-state index contributed by atoms with van der Waals surface area (Å²) >= 11 is 1.46. The minimum absolute atomic E-state index is 0.296. The highest BCUT2D eigenvalue weighted by Crippen LogP contribution is 2.24. The fourth-order valence-corrected chi connectivity index (χ4v) is 3.03. The number of nitrogens with one attached hydrogen (secondary N) is 1. The van der Waals surface area contributed by atoms with Crippen LogP contribution in [0.4, 0.5) is 10.1 Å². The Morgan fingerprint density at radius 2 is 1.96 bits per heavy atom. The van der Waals surface area contributed by atoms with Crippen LogP contribution in [0.1, 0.15) is 5.76 Å². The topological polar surface area (TPSA) is 49.9 Å². The first-order valence-corrected chi connectivity index (χ1v) is 8.06. The third kappa shape index (κ3) is 2.85. The second-order valence-corrected chi connectivity index (χ2v) is 5.94. The first-order valence-electron chi connectivity index (χ1n) is 7.07. The van der Waals surface area contributed by atoms with Gasteiger partial charge < -0.3 is 4.42 Å². The Morgan fingerprint density at radius 3 is 2.74 bits per heavy atom. The van der Waals surface area contributed by atoms with Crippen LogP contribution in [0.15, 0.2) is 69.1 Å². The first-order chi connectivity index (χ1) is 11.3. The molecule has 2 aromatic carbocycles. The number of benzene rings is 2. The Kier molecular flexibility index (Phi) is 3.59. The molecule has 23 heavy (non-hydrogen) atoms. The lowest BCUT2D eigenvalue weighted by Gasteiger charge is -2.13. The van der Waals surface area contributed by atoms with E-state index in [-0.39, 0.29) is 5.82 Å². The summed E-state index contributed by atoms with van der Waals surface area (Å²) in [5.41, 5.74) is 4.80. The van der Waals surface area contributed by atoms with Gasteiger partial charge in [0, 0.05) is 11.1 Å². The summed E-state index contributed by atoms with van der Waals surface area (Å²) in [4.78, 5) is 4.24. The number of aliphatic imine (C=N–C) groups is 1. The van der Waals surface area contributed by atoms with E-state index in [1.165, 1.54) is 17.8 Å². The molecule has 6 heteroatoms. The molecule has 0 saturated carbocycles. The average Bonchev–Trinajstić information content (AvgIpc) is 3.02. The molecule has 4 rings (SSSR count). The number of para-hydroxylation sites is 2. The number of nitrogens with zero attached hydrogens (tertiary/aromatic N) is 2. The standard InChI is InChI=1S/C17H12FN3OS/c18-12-6-2-3-7-13(12)19-17-21-20-14(10-23-17)16-9-11-5-1-4-8-15(11)22-16/h1-9H,10H2,(H,19,21). The molecule has 3 aromatic rings. The van der Waals surface area contributed by atoms with E-state index in [2.05, 4.69) is 15.5 Å². The molecule has 0 amide bonds. The summed E-state index contributed by atoms with van der Waals surface area (Å²) in [5, 5.41) is 5.91. The van der Waals surface area contributed by atoms with Crippen LogP contribution in [0.2, 0.25) is 0 Å². The fraction of sp³-hybridized carbons (Fsp3) is 0.0588. The van der Waals surface area contributed by atoms with Gasteiger partial charge in [0.25, 0.3) is 0 Å². The van der Waals surface area contributed by atoms with Crippen molar-refractivity contribution in [3.05, 3.63) is 66.2 Å². The van der Waals surface area contributed by atoms with E-state index in [4.69, 9.17) is 4.42 Å². The van der Waals surface area contributed by atoms with Crippen LogP contribution in [-0.4, -0.2) is 16.6 Å². The van der Waals surface area contributed by atoms with E-state index in [1.807, 2.05) is 30.3 Å². The smallest absolute Gasteiger partial charge is 0.182 e. The number of rotatable bonds is 2. The molecule has 0 bridgehead atoms. The highest BCUT2D eigenvalue weighted by Gasteiger charge is 2.17. The largest absolute Gasteiger partial charge is 0.455 e. The lowest BCUT2D eigenvalue weighted by Crippen LogP contribution is -2.24. The van der Waals surface area contributed by atoms with Crippen molar-refractivity contribution in [3.8, 4) is 0 Å². The van der Waals surface area contributed by atoms with E-state index in [1.54, 1.807) is 18.2 Å². The van der Waals surface area contributed by atoms with Crippen LogP contribution in [0.3, 0.4) is 0 Å². The van der Waals surface area contributed by atoms with Crippen molar-refractivity contribution >= 4 is 39.3 Å². The molecule has 0 spiro atoms. The summed E-state index contributed by atoms with van der Waals surface area (Å²) in [6.07, 6.45) is 0. The predicted molar refractivity (Wildman–Crippen MR) is 91.8 cm³/mol. The van der Waals surface area contributed by atoms with E-state index in [0.717, 1.165) is 22.4 Å². The Morgan fingerprint density at radius 1 is 1.13 bits per heavy atom. The van der Waals surface area contributed by atoms with Gasteiger partial charge in [-0.2, -0.15) is 5.10 Å². The Labute approximate surface area is 136 Å². The molecule has 114 valence electrons. The zero-order valence-electron chi connectivity index (χ0n) is 12.0. The molecule has 0 saturated heterocycles. The molecule has 4 nitrogen and oxygen atoms in total. The van der Waals surface area contributed by atoms with Crippen molar-refractivity contribution in [1.29, 1.82) is 0 Å². The number of amidine groups is 1. The van der Waals surface area contributed by atoms with Crippen LogP contribution in [0.25, 0.3) is 11.0 Å². The summed E-state index contributed by atoms with van der Waals surface area (Å²) < 4.78 is 19.4. The van der Waals surface area contributed by atoms with Gasteiger partial charge in [-0.3, -0.25) is 5.43 Å². The zero-order chi connectivity index (χ0) is 15.6. The molecule has 0 fully saturated rings. The van der Waals surface area contributed by atoms with Crippen molar-refractivity contribution in [2.45, 2.75) is 0 Å². The fourth-order valence-electron chi connectivity index (χ4n) is 2.28. The van der Waals surface area contributed by atoms with Gasteiger partial charge >= 0.3 is 0 Å². The molecule has 0 unspecified atom stereocenters. The molecule has 1 aliphatic heterocycles. The highest BCUT2D eigenvalue weighted by molar-refractivity contribution is 8.14. The second-order valence-electron chi connectivity index (χ2n) is 4.98. The quantitative estimate of drug-likeness (QED) is 0.764. The van der Waals surface area contributed by atoms with Crippen molar-refractivity contribution in [2.24, 2.45) is 10.1 Å². The lowest BCUT2D eigenvalue weighted by atomic mass is 10.2. The van der Waals surface area contributed by atoms with Crippen molar-refractivity contribution in [1.82, 2.24) is 5.43 Å². The molecule has 1 aromatic heterocycles. The van der Waals surface area contributed by atoms with Gasteiger partial charge in [0.2, 0.25) is 0 Å². The number of thioether (sulfide) groups is 1. The van der Waals surface area contributed by atoms with Gasteiger partial charge in [-0.05, 0) is 24.3 Å². The minimum atomic E-state index is -0.352. The highest BCUT2D eigenvalue weighted by atomic mass is 32.2. The average molecular weight is 325 g/mol. The van der Waals surface area contributed by atoms with Gasteiger partial charge in [0.1, 0.15) is 22.8 Å². The maximum atomic E-state index is 13.6. The minimum Gasteiger partial charge on any atom is -0.455 e. The van der Waals surface area contributed by atoms with Crippen LogP contribution in [0.5, 0.6) is 0 Å². The van der Waals surface area contributed by atoms with E-state index >= 15 is 0 Å². The van der Waals surface area contributed by atoms with Gasteiger partial charge in [0.15, 0.2) is 10.9 Å². The maximum absolute atomic E-state index is 13.6. The van der Waals surface area contributed by atoms with Crippen molar-refractivity contribution in [3.63, 3.8) is 0 Å². The van der Waals surface area contributed by atoms with Crippen LogP contribution in [-0.2, 0) is 0 Å². The molecular weight excluding hydrogens is 313 g/mol. The number of hydrogen-bond donors (Lipinski definition) is 1. The SMILES string of the molecule is Fc1ccccc1N=C1NN=C(c2cc3ccccc3o2)CS1. The number of furan rings is 1. The Bertz CT molecular complexity index is 899. The van der Waals surface area contributed by atoms with Gasteiger partial charge in [-0.25, -0.2) is 9.38 Å². The predicted octanol–water partition coefficient (Wildman–Crippen LogP) is 4.30. The van der Waals surface area contributed by atoms with E-state index < -0.39 is 0 Å². The molecule has 0 aliphatic carbocycles. The van der Waals surface area contributed by atoms with Crippen LogP contribution >= 0.6 is 11.8 Å². The Hall–Kier alpha value is -2.60. The molecule has 1 aliphatic rings. The number of hydrogen-bond acceptors (Lipinski definition) is 4. The number of fused-ring (bicyclic) bond motifs is 1. The lowest BCUT2D eigenvalue weighted by molar-refractivity contribution is 0.603. The van der Waals surface area contributed by atoms with Crippen LogP contribution in [0, 0.1) is 5.82 Å². The molecule has 2 heterocycles. The summed E-state index contributed by atoms with van der Waals surface area (Å²) in [7, 11) is 0.